The van der Waals surface area contributed by atoms with Crippen molar-refractivity contribution in [1.29, 1.82) is 0 Å². The molecule has 0 N–H and O–H groups in total. The summed E-state index contributed by atoms with van der Waals surface area (Å²) in [6.07, 6.45) is 3.34. The van der Waals surface area contributed by atoms with E-state index in [4.69, 9.17) is 8.83 Å². The minimum atomic E-state index is 0.393. The van der Waals surface area contributed by atoms with Crippen molar-refractivity contribution in [3.63, 3.8) is 0 Å². The number of aryl methyl sites for hydroxylation is 1. The molecule has 0 atom stereocenters. The molecule has 0 aliphatic rings. The van der Waals surface area contributed by atoms with Crippen molar-refractivity contribution in [1.82, 2.24) is 19.7 Å². The zero-order valence-electron chi connectivity index (χ0n) is 10.1. The largest absolute Gasteiger partial charge is 0.459 e. The quantitative estimate of drug-likeness (QED) is 0.706. The summed E-state index contributed by atoms with van der Waals surface area (Å²) in [4.78, 5) is 4.22. The third kappa shape index (κ3) is 1.81. The fourth-order valence-corrected chi connectivity index (χ4v) is 1.67. The Bertz CT molecular complexity index is 651. The van der Waals surface area contributed by atoms with Gasteiger partial charge in [-0.3, -0.25) is 0 Å². The van der Waals surface area contributed by atoms with Crippen LogP contribution in [0.1, 0.15) is 17.3 Å². The van der Waals surface area contributed by atoms with Gasteiger partial charge in [0.2, 0.25) is 5.89 Å². The van der Waals surface area contributed by atoms with Gasteiger partial charge in [0.05, 0.1) is 18.3 Å². The maximum Gasteiger partial charge on any atom is 0.283 e. The molecule has 0 saturated carbocycles. The van der Waals surface area contributed by atoms with Crippen LogP contribution in [0.2, 0.25) is 0 Å². The Labute approximate surface area is 103 Å². The van der Waals surface area contributed by atoms with Crippen molar-refractivity contribution >= 4 is 0 Å². The standard InChI is InChI=1S/C12H12N4O2/c1-8-9(2)16(7-13-8)6-11-14-15-12(18-11)10-4-3-5-17-10/h3-5,7H,6H2,1-2H3. The molecule has 6 nitrogen and oxygen atoms in total. The fraction of sp³-hybridized carbons (Fsp3) is 0.250. The Morgan fingerprint density at radius 3 is 2.83 bits per heavy atom. The lowest BCUT2D eigenvalue weighted by molar-refractivity contribution is 0.466. The molecule has 3 aromatic heterocycles. The lowest BCUT2D eigenvalue weighted by Crippen LogP contribution is -2.00. The first-order valence-corrected chi connectivity index (χ1v) is 5.58. The van der Waals surface area contributed by atoms with Gasteiger partial charge in [-0.2, -0.15) is 0 Å². The molecule has 0 unspecified atom stereocenters. The summed E-state index contributed by atoms with van der Waals surface area (Å²) < 4.78 is 12.7. The lowest BCUT2D eigenvalue weighted by Gasteiger charge is -2.00. The van der Waals surface area contributed by atoms with Crippen LogP contribution in [-0.2, 0) is 6.54 Å². The molecule has 0 spiro atoms. The van der Waals surface area contributed by atoms with Gasteiger partial charge in [0.25, 0.3) is 5.89 Å². The summed E-state index contributed by atoms with van der Waals surface area (Å²) in [6, 6.07) is 3.56. The van der Waals surface area contributed by atoms with Crippen molar-refractivity contribution in [2.45, 2.75) is 20.4 Å². The average molecular weight is 244 g/mol. The van der Waals surface area contributed by atoms with Crippen LogP contribution < -0.4 is 0 Å². The third-order valence-corrected chi connectivity index (χ3v) is 2.85. The number of aromatic nitrogens is 4. The predicted octanol–water partition coefficient (Wildman–Crippen LogP) is 2.19. The lowest BCUT2D eigenvalue weighted by atomic mass is 10.4. The number of nitrogens with zero attached hydrogens (tertiary/aromatic N) is 4. The van der Waals surface area contributed by atoms with Crippen LogP contribution >= 0.6 is 0 Å². The van der Waals surface area contributed by atoms with Crippen molar-refractivity contribution in [2.75, 3.05) is 0 Å². The van der Waals surface area contributed by atoms with Gasteiger partial charge in [0.1, 0.15) is 6.54 Å². The monoisotopic (exact) mass is 244 g/mol. The highest BCUT2D eigenvalue weighted by Crippen LogP contribution is 2.18. The molecule has 0 saturated heterocycles. The van der Waals surface area contributed by atoms with Gasteiger partial charge in [-0.15, -0.1) is 10.2 Å². The van der Waals surface area contributed by atoms with Crippen LogP contribution in [-0.4, -0.2) is 19.7 Å². The number of rotatable bonds is 3. The molecule has 0 bridgehead atoms. The molecule has 0 aromatic carbocycles. The van der Waals surface area contributed by atoms with E-state index in [1.807, 2.05) is 18.4 Å². The van der Waals surface area contributed by atoms with Crippen LogP contribution in [0.4, 0.5) is 0 Å². The molecule has 0 radical (unpaired) electrons. The SMILES string of the molecule is Cc1ncn(Cc2nnc(-c3ccco3)o2)c1C. The van der Waals surface area contributed by atoms with E-state index in [9.17, 15) is 0 Å². The fourth-order valence-electron chi connectivity index (χ4n) is 1.67. The van der Waals surface area contributed by atoms with Crippen molar-refractivity contribution in [2.24, 2.45) is 0 Å². The van der Waals surface area contributed by atoms with Crippen LogP contribution in [0.5, 0.6) is 0 Å². The van der Waals surface area contributed by atoms with Crippen LogP contribution in [0.3, 0.4) is 0 Å². The number of imidazole rings is 1. The van der Waals surface area contributed by atoms with E-state index in [2.05, 4.69) is 15.2 Å². The molecular formula is C12H12N4O2. The van der Waals surface area contributed by atoms with Gasteiger partial charge in [0, 0.05) is 5.69 Å². The summed E-state index contributed by atoms with van der Waals surface area (Å²) in [5.41, 5.74) is 2.09. The average Bonchev–Trinajstić information content (AvgIpc) is 3.06. The zero-order valence-corrected chi connectivity index (χ0v) is 10.1. The Morgan fingerprint density at radius 2 is 2.17 bits per heavy atom. The second kappa shape index (κ2) is 4.14. The first-order chi connectivity index (χ1) is 8.74. The Balaban J connectivity index is 1.84. The molecule has 3 rings (SSSR count). The second-order valence-electron chi connectivity index (χ2n) is 4.02. The Kier molecular flexibility index (Phi) is 2.47. The van der Waals surface area contributed by atoms with Crippen molar-refractivity contribution in [3.8, 4) is 11.7 Å². The van der Waals surface area contributed by atoms with Gasteiger partial charge in [0.15, 0.2) is 5.76 Å². The van der Waals surface area contributed by atoms with E-state index in [-0.39, 0.29) is 0 Å². The van der Waals surface area contributed by atoms with Gasteiger partial charge < -0.3 is 13.4 Å². The van der Waals surface area contributed by atoms with Gasteiger partial charge in [-0.05, 0) is 26.0 Å². The van der Waals surface area contributed by atoms with E-state index >= 15 is 0 Å². The minimum Gasteiger partial charge on any atom is -0.459 e. The molecule has 0 aliphatic heterocycles. The van der Waals surface area contributed by atoms with E-state index in [0.717, 1.165) is 11.4 Å². The Hall–Kier alpha value is -2.37. The van der Waals surface area contributed by atoms with Gasteiger partial charge in [-0.25, -0.2) is 4.98 Å². The number of furan rings is 1. The highest BCUT2D eigenvalue weighted by molar-refractivity contribution is 5.42. The normalized spacial score (nSPS) is 11.0. The summed E-state index contributed by atoms with van der Waals surface area (Å²) >= 11 is 0. The van der Waals surface area contributed by atoms with E-state index in [0.29, 0.717) is 24.1 Å². The molecule has 0 fully saturated rings. The minimum absolute atomic E-state index is 0.393. The van der Waals surface area contributed by atoms with Gasteiger partial charge >= 0.3 is 0 Å². The van der Waals surface area contributed by atoms with E-state index in [1.165, 1.54) is 0 Å². The maximum atomic E-state index is 5.53. The highest BCUT2D eigenvalue weighted by Gasteiger charge is 2.12. The van der Waals surface area contributed by atoms with E-state index in [1.54, 1.807) is 24.7 Å². The third-order valence-electron chi connectivity index (χ3n) is 2.85. The first kappa shape index (κ1) is 10.8. The first-order valence-electron chi connectivity index (χ1n) is 5.58. The van der Waals surface area contributed by atoms with Crippen molar-refractivity contribution < 1.29 is 8.83 Å². The van der Waals surface area contributed by atoms with Crippen LogP contribution in [0, 0.1) is 13.8 Å². The molecular weight excluding hydrogens is 232 g/mol. The van der Waals surface area contributed by atoms with Crippen LogP contribution in [0.25, 0.3) is 11.7 Å². The van der Waals surface area contributed by atoms with Crippen LogP contribution in [0.15, 0.2) is 33.6 Å². The van der Waals surface area contributed by atoms with Crippen molar-refractivity contribution in [3.05, 3.63) is 42.0 Å². The summed E-state index contributed by atoms with van der Waals surface area (Å²) in [5, 5.41) is 7.94. The van der Waals surface area contributed by atoms with E-state index < -0.39 is 0 Å². The number of hydrogen-bond donors (Lipinski definition) is 0. The zero-order chi connectivity index (χ0) is 12.5. The molecule has 6 heteroatoms. The summed E-state index contributed by atoms with van der Waals surface area (Å²) in [7, 11) is 0. The summed E-state index contributed by atoms with van der Waals surface area (Å²) in [5.74, 6) is 1.50. The molecule has 3 aromatic rings. The topological polar surface area (TPSA) is 69.9 Å². The van der Waals surface area contributed by atoms with Gasteiger partial charge in [-0.1, -0.05) is 0 Å². The molecule has 3 heterocycles. The molecule has 0 amide bonds. The maximum absolute atomic E-state index is 5.53. The molecule has 18 heavy (non-hydrogen) atoms. The predicted molar refractivity (Wildman–Crippen MR) is 62.8 cm³/mol. The smallest absolute Gasteiger partial charge is 0.283 e. The number of hydrogen-bond acceptors (Lipinski definition) is 5. The highest BCUT2D eigenvalue weighted by atomic mass is 16.4. The Morgan fingerprint density at radius 1 is 1.28 bits per heavy atom. The summed E-state index contributed by atoms with van der Waals surface area (Å²) in [6.45, 7) is 4.49. The second-order valence-corrected chi connectivity index (χ2v) is 4.02. The molecule has 92 valence electrons. The molecule has 0 aliphatic carbocycles.